The Morgan fingerprint density at radius 2 is 2.33 bits per heavy atom. The van der Waals surface area contributed by atoms with Gasteiger partial charge in [-0.3, -0.25) is 0 Å². The number of nitriles is 1. The minimum Gasteiger partial charge on any atom is -0.370 e. The van der Waals surface area contributed by atoms with Crippen molar-refractivity contribution in [2.45, 2.75) is 12.8 Å². The second kappa shape index (κ2) is 5.90. The molecule has 3 nitrogen and oxygen atoms in total. The van der Waals surface area contributed by atoms with Crippen molar-refractivity contribution in [1.29, 1.82) is 5.26 Å². The van der Waals surface area contributed by atoms with E-state index in [0.717, 1.165) is 19.4 Å². The van der Waals surface area contributed by atoms with Gasteiger partial charge in [0.25, 0.3) is 0 Å². The van der Waals surface area contributed by atoms with Crippen LogP contribution in [0.2, 0.25) is 5.15 Å². The lowest BCUT2D eigenvalue weighted by molar-refractivity contribution is 0.901. The van der Waals surface area contributed by atoms with Gasteiger partial charge in [-0.1, -0.05) is 11.6 Å². The molecule has 0 aliphatic rings. The van der Waals surface area contributed by atoms with Crippen LogP contribution in [0.25, 0.3) is 0 Å². The number of halogens is 1. The zero-order chi connectivity index (χ0) is 11.1. The van der Waals surface area contributed by atoms with E-state index in [1.807, 2.05) is 6.07 Å². The third kappa shape index (κ3) is 3.89. The number of hydrogen-bond acceptors (Lipinski definition) is 3. The molecule has 0 aliphatic heterocycles. The van der Waals surface area contributed by atoms with Crippen molar-refractivity contribution in [3.8, 4) is 18.4 Å². The van der Waals surface area contributed by atoms with E-state index in [1.165, 1.54) is 6.07 Å². The number of hydrogen-bond donors (Lipinski definition) is 1. The second-order valence-electron chi connectivity index (χ2n) is 2.91. The van der Waals surface area contributed by atoms with Crippen LogP contribution in [-0.2, 0) is 0 Å². The number of terminal acetylenes is 1. The van der Waals surface area contributed by atoms with Gasteiger partial charge in [-0.05, 0) is 18.6 Å². The van der Waals surface area contributed by atoms with Gasteiger partial charge in [-0.2, -0.15) is 5.26 Å². The van der Waals surface area contributed by atoms with Crippen molar-refractivity contribution in [2.24, 2.45) is 0 Å². The van der Waals surface area contributed by atoms with Crippen LogP contribution >= 0.6 is 11.6 Å². The summed E-state index contributed by atoms with van der Waals surface area (Å²) >= 11 is 5.73. The second-order valence-corrected chi connectivity index (χ2v) is 3.30. The monoisotopic (exact) mass is 219 g/mol. The van der Waals surface area contributed by atoms with Crippen LogP contribution in [-0.4, -0.2) is 11.5 Å². The van der Waals surface area contributed by atoms with Crippen LogP contribution in [0.3, 0.4) is 0 Å². The molecule has 1 heterocycles. The van der Waals surface area contributed by atoms with Crippen LogP contribution in [0.15, 0.2) is 12.1 Å². The summed E-state index contributed by atoms with van der Waals surface area (Å²) in [6, 6.07) is 5.19. The van der Waals surface area contributed by atoms with Crippen LogP contribution in [0, 0.1) is 23.7 Å². The van der Waals surface area contributed by atoms with E-state index < -0.39 is 0 Å². The van der Waals surface area contributed by atoms with E-state index in [0.29, 0.717) is 16.5 Å². The third-order valence-corrected chi connectivity index (χ3v) is 1.92. The zero-order valence-corrected chi connectivity index (χ0v) is 8.88. The molecule has 0 saturated heterocycles. The van der Waals surface area contributed by atoms with Gasteiger partial charge >= 0.3 is 0 Å². The number of nitrogens with zero attached hydrogens (tertiary/aromatic N) is 2. The first-order valence-electron chi connectivity index (χ1n) is 4.51. The lowest BCUT2D eigenvalue weighted by Gasteiger charge is -2.04. The topological polar surface area (TPSA) is 48.7 Å². The number of aromatic nitrogens is 1. The summed E-state index contributed by atoms with van der Waals surface area (Å²) in [7, 11) is 0. The van der Waals surface area contributed by atoms with E-state index in [-0.39, 0.29) is 0 Å². The highest BCUT2D eigenvalue weighted by Gasteiger charge is 1.99. The highest BCUT2D eigenvalue weighted by molar-refractivity contribution is 6.29. The standard InChI is InChI=1S/C11H10ClN3/c1-2-3-4-5-14-11-7-9(8-13)6-10(12)15-11/h1,6-7H,3-5H2,(H,14,15). The maximum Gasteiger partial charge on any atom is 0.132 e. The highest BCUT2D eigenvalue weighted by Crippen LogP contribution is 2.13. The average Bonchev–Trinajstić information content (AvgIpc) is 2.23. The smallest absolute Gasteiger partial charge is 0.132 e. The minimum atomic E-state index is 0.313. The summed E-state index contributed by atoms with van der Waals surface area (Å²) in [5.41, 5.74) is 0.495. The Morgan fingerprint density at radius 3 is 3.00 bits per heavy atom. The molecule has 0 saturated carbocycles. The number of anilines is 1. The predicted molar refractivity (Wildman–Crippen MR) is 60.5 cm³/mol. The molecule has 0 bridgehead atoms. The molecule has 1 aromatic heterocycles. The lowest BCUT2D eigenvalue weighted by atomic mass is 10.3. The summed E-state index contributed by atoms with van der Waals surface area (Å²) in [5.74, 6) is 3.16. The van der Waals surface area contributed by atoms with E-state index >= 15 is 0 Å². The van der Waals surface area contributed by atoms with Crippen LogP contribution in [0.1, 0.15) is 18.4 Å². The Kier molecular flexibility index (Phi) is 4.47. The van der Waals surface area contributed by atoms with Crippen LogP contribution < -0.4 is 5.32 Å². The number of nitrogens with one attached hydrogen (secondary N) is 1. The number of unbranched alkanes of at least 4 members (excludes halogenated alkanes) is 1. The van der Waals surface area contributed by atoms with Crippen LogP contribution in [0.5, 0.6) is 0 Å². The SMILES string of the molecule is C#CCCCNc1cc(C#N)cc(Cl)n1. The summed E-state index contributed by atoms with van der Waals surface area (Å²) in [6.45, 7) is 0.725. The van der Waals surface area contributed by atoms with Crippen LogP contribution in [0.4, 0.5) is 5.82 Å². The van der Waals surface area contributed by atoms with Gasteiger partial charge in [0.2, 0.25) is 0 Å². The van der Waals surface area contributed by atoms with E-state index in [9.17, 15) is 0 Å². The molecule has 0 unspecified atom stereocenters. The van der Waals surface area contributed by atoms with Gasteiger partial charge in [-0.15, -0.1) is 12.3 Å². The van der Waals surface area contributed by atoms with Gasteiger partial charge < -0.3 is 5.32 Å². The van der Waals surface area contributed by atoms with Crippen molar-refractivity contribution in [3.63, 3.8) is 0 Å². The first-order valence-corrected chi connectivity index (χ1v) is 4.89. The molecule has 0 atom stereocenters. The number of pyridine rings is 1. The first kappa shape index (κ1) is 11.4. The fraction of sp³-hybridized carbons (Fsp3) is 0.273. The van der Waals surface area contributed by atoms with Gasteiger partial charge in [-0.25, -0.2) is 4.98 Å². The van der Waals surface area contributed by atoms with Crippen molar-refractivity contribution in [3.05, 3.63) is 22.8 Å². The fourth-order valence-corrected chi connectivity index (χ4v) is 1.27. The Labute approximate surface area is 94.1 Å². The first-order chi connectivity index (χ1) is 7.26. The van der Waals surface area contributed by atoms with Gasteiger partial charge in [0.05, 0.1) is 11.6 Å². The molecule has 1 aromatic rings. The molecule has 0 aliphatic carbocycles. The highest BCUT2D eigenvalue weighted by atomic mass is 35.5. The zero-order valence-electron chi connectivity index (χ0n) is 8.13. The number of rotatable bonds is 4. The Morgan fingerprint density at radius 1 is 1.53 bits per heavy atom. The van der Waals surface area contributed by atoms with Crippen molar-refractivity contribution in [1.82, 2.24) is 4.98 Å². The third-order valence-electron chi connectivity index (χ3n) is 1.73. The maximum absolute atomic E-state index is 8.71. The van der Waals surface area contributed by atoms with E-state index in [4.69, 9.17) is 23.3 Å². The Bertz CT molecular complexity index is 415. The molecule has 1 rings (SSSR count). The Hall–Kier alpha value is -1.71. The van der Waals surface area contributed by atoms with Crippen molar-refractivity contribution < 1.29 is 0 Å². The summed E-state index contributed by atoms with van der Waals surface area (Å²) in [6.07, 6.45) is 6.71. The normalized spacial score (nSPS) is 9.00. The maximum atomic E-state index is 8.71. The summed E-state index contributed by atoms with van der Waals surface area (Å²) in [4.78, 5) is 4.03. The van der Waals surface area contributed by atoms with Gasteiger partial charge in [0, 0.05) is 13.0 Å². The Balaban J connectivity index is 2.58. The minimum absolute atomic E-state index is 0.313. The molecule has 15 heavy (non-hydrogen) atoms. The van der Waals surface area contributed by atoms with E-state index in [2.05, 4.69) is 16.2 Å². The fourth-order valence-electron chi connectivity index (χ4n) is 1.06. The molecule has 0 radical (unpaired) electrons. The molecular formula is C11H10ClN3. The van der Waals surface area contributed by atoms with Gasteiger partial charge in [0.1, 0.15) is 11.0 Å². The molecule has 0 fully saturated rings. The van der Waals surface area contributed by atoms with Crippen molar-refractivity contribution in [2.75, 3.05) is 11.9 Å². The molecule has 1 N–H and O–H groups in total. The molecule has 76 valence electrons. The molecular weight excluding hydrogens is 210 g/mol. The molecule has 0 amide bonds. The van der Waals surface area contributed by atoms with Gasteiger partial charge in [0.15, 0.2) is 0 Å². The largest absolute Gasteiger partial charge is 0.370 e. The predicted octanol–water partition coefficient (Wildman–Crippen LogP) is 2.43. The molecule has 4 heteroatoms. The average molecular weight is 220 g/mol. The van der Waals surface area contributed by atoms with E-state index in [1.54, 1.807) is 6.07 Å². The summed E-state index contributed by atoms with van der Waals surface area (Å²) in [5, 5.41) is 12.1. The molecule has 0 spiro atoms. The van der Waals surface area contributed by atoms with Crippen molar-refractivity contribution >= 4 is 17.4 Å². The molecule has 0 aromatic carbocycles. The lowest BCUT2D eigenvalue weighted by Crippen LogP contribution is -2.03. The summed E-state index contributed by atoms with van der Waals surface area (Å²) < 4.78 is 0. The quantitative estimate of drug-likeness (QED) is 0.481.